The molecule has 6 heteroatoms. The van der Waals surface area contributed by atoms with Gasteiger partial charge in [0.05, 0.1) is 18.8 Å². The first-order valence-corrected chi connectivity index (χ1v) is 8.31. The lowest BCUT2D eigenvalue weighted by Gasteiger charge is -2.34. The second kappa shape index (κ2) is 7.29. The molecule has 23 heavy (non-hydrogen) atoms. The van der Waals surface area contributed by atoms with Crippen LogP contribution < -0.4 is 5.32 Å². The second-order valence-corrected chi connectivity index (χ2v) is 6.40. The molecule has 3 N–H and O–H groups in total. The van der Waals surface area contributed by atoms with Gasteiger partial charge in [-0.15, -0.1) is 0 Å². The van der Waals surface area contributed by atoms with Crippen molar-refractivity contribution in [3.05, 3.63) is 35.4 Å². The van der Waals surface area contributed by atoms with Crippen LogP contribution >= 0.6 is 0 Å². The van der Waals surface area contributed by atoms with Gasteiger partial charge in [0.1, 0.15) is 0 Å². The summed E-state index contributed by atoms with van der Waals surface area (Å²) in [6, 6.07) is 8.34. The fraction of sp³-hybridized carbons (Fsp3) is 0.588. The quantitative estimate of drug-likeness (QED) is 0.743. The molecule has 1 aromatic carbocycles. The van der Waals surface area contributed by atoms with Crippen molar-refractivity contribution in [2.24, 2.45) is 0 Å². The highest BCUT2D eigenvalue weighted by molar-refractivity contribution is 5.74. The molecule has 0 radical (unpaired) electrons. The fourth-order valence-electron chi connectivity index (χ4n) is 3.28. The number of β-amino-alcohol motifs (C(OH)–C–C–N with tert-alkyl or cyclic N) is 1. The fourth-order valence-corrected chi connectivity index (χ4v) is 3.28. The van der Waals surface area contributed by atoms with Crippen molar-refractivity contribution in [1.29, 1.82) is 0 Å². The number of urea groups is 1. The monoisotopic (exact) mass is 319 g/mol. The van der Waals surface area contributed by atoms with Crippen LogP contribution in [-0.2, 0) is 13.0 Å². The van der Waals surface area contributed by atoms with E-state index in [1.807, 2.05) is 0 Å². The lowest BCUT2D eigenvalue weighted by atomic mass is 10.00. The Bertz CT molecular complexity index is 552. The molecule has 2 amide bonds. The van der Waals surface area contributed by atoms with E-state index in [9.17, 15) is 15.0 Å². The van der Waals surface area contributed by atoms with Crippen LogP contribution in [0.3, 0.4) is 0 Å². The molecule has 3 rings (SSSR count). The molecule has 0 bridgehead atoms. The van der Waals surface area contributed by atoms with Crippen LogP contribution in [0, 0.1) is 0 Å². The number of carbonyl (C=O) groups excluding carboxylic acids is 1. The molecule has 0 aliphatic carbocycles. The minimum absolute atomic E-state index is 0.159. The van der Waals surface area contributed by atoms with Gasteiger partial charge in [0.25, 0.3) is 0 Å². The predicted molar refractivity (Wildman–Crippen MR) is 87.0 cm³/mol. The van der Waals surface area contributed by atoms with E-state index in [0.29, 0.717) is 19.5 Å². The normalized spacial score (nSPS) is 25.0. The lowest BCUT2D eigenvalue weighted by Crippen LogP contribution is -2.52. The number of benzene rings is 1. The molecule has 2 atom stereocenters. The largest absolute Gasteiger partial charge is 0.390 e. The van der Waals surface area contributed by atoms with Gasteiger partial charge < -0.3 is 20.4 Å². The molecule has 2 heterocycles. The highest BCUT2D eigenvalue weighted by atomic mass is 16.3. The number of hydrogen-bond donors (Lipinski definition) is 3. The average molecular weight is 319 g/mol. The van der Waals surface area contributed by atoms with Crippen molar-refractivity contribution < 1.29 is 15.0 Å². The molecule has 6 nitrogen and oxygen atoms in total. The van der Waals surface area contributed by atoms with Gasteiger partial charge in [0.15, 0.2) is 0 Å². The summed E-state index contributed by atoms with van der Waals surface area (Å²) in [7, 11) is 0. The summed E-state index contributed by atoms with van der Waals surface area (Å²) in [5.74, 6) is 0. The van der Waals surface area contributed by atoms with Crippen LogP contribution in [0.15, 0.2) is 24.3 Å². The third-order valence-corrected chi connectivity index (χ3v) is 4.75. The number of aliphatic hydroxyl groups is 2. The molecule has 0 spiro atoms. The smallest absolute Gasteiger partial charge is 0.317 e. The summed E-state index contributed by atoms with van der Waals surface area (Å²) in [6.45, 7) is 4.04. The van der Waals surface area contributed by atoms with Crippen molar-refractivity contribution in [2.75, 3.05) is 32.7 Å². The van der Waals surface area contributed by atoms with E-state index in [0.717, 1.165) is 26.1 Å². The van der Waals surface area contributed by atoms with Crippen molar-refractivity contribution in [3.8, 4) is 0 Å². The molecule has 2 aliphatic heterocycles. The predicted octanol–water partition coefficient (Wildman–Crippen LogP) is 0.182. The van der Waals surface area contributed by atoms with Crippen molar-refractivity contribution in [3.63, 3.8) is 0 Å². The highest BCUT2D eigenvalue weighted by Crippen LogP contribution is 2.17. The zero-order chi connectivity index (χ0) is 16.2. The summed E-state index contributed by atoms with van der Waals surface area (Å²) in [4.78, 5) is 16.0. The molecule has 1 aromatic rings. The van der Waals surface area contributed by atoms with Gasteiger partial charge in [-0.25, -0.2) is 4.79 Å². The maximum absolute atomic E-state index is 12.1. The van der Waals surface area contributed by atoms with Crippen molar-refractivity contribution in [2.45, 2.75) is 31.6 Å². The molecule has 0 unspecified atom stereocenters. The SMILES string of the molecule is O=C(NCCN1CCc2ccccc2C1)N1CC[C@@H](O)[C@@H](O)C1. The van der Waals surface area contributed by atoms with E-state index < -0.39 is 12.2 Å². The third-order valence-electron chi connectivity index (χ3n) is 4.75. The first kappa shape index (κ1) is 16.2. The average Bonchev–Trinajstić information content (AvgIpc) is 2.57. The Morgan fingerprint density at radius 1 is 1.17 bits per heavy atom. The third kappa shape index (κ3) is 4.02. The van der Waals surface area contributed by atoms with E-state index in [4.69, 9.17) is 0 Å². The van der Waals surface area contributed by atoms with Crippen LogP contribution in [0.5, 0.6) is 0 Å². The highest BCUT2D eigenvalue weighted by Gasteiger charge is 2.28. The zero-order valence-corrected chi connectivity index (χ0v) is 13.3. The molecule has 0 saturated carbocycles. The van der Waals surface area contributed by atoms with Crippen LogP contribution in [0.2, 0.25) is 0 Å². The van der Waals surface area contributed by atoms with E-state index in [1.165, 1.54) is 11.1 Å². The van der Waals surface area contributed by atoms with Crippen molar-refractivity contribution in [1.82, 2.24) is 15.1 Å². The molecule has 126 valence electrons. The minimum Gasteiger partial charge on any atom is -0.390 e. The maximum atomic E-state index is 12.1. The second-order valence-electron chi connectivity index (χ2n) is 6.40. The summed E-state index contributed by atoms with van der Waals surface area (Å²) >= 11 is 0. The first-order valence-electron chi connectivity index (χ1n) is 8.31. The Kier molecular flexibility index (Phi) is 5.15. The molecular formula is C17H25N3O3. The number of nitrogens with zero attached hydrogens (tertiary/aromatic N) is 2. The van der Waals surface area contributed by atoms with E-state index in [2.05, 4.69) is 34.5 Å². The van der Waals surface area contributed by atoms with E-state index in [1.54, 1.807) is 4.90 Å². The van der Waals surface area contributed by atoms with Gasteiger partial charge in [-0.3, -0.25) is 4.90 Å². The van der Waals surface area contributed by atoms with Crippen LogP contribution in [0.1, 0.15) is 17.5 Å². The first-order chi connectivity index (χ1) is 11.1. The molecule has 2 aliphatic rings. The number of likely N-dealkylation sites (tertiary alicyclic amines) is 1. The number of carbonyl (C=O) groups is 1. The van der Waals surface area contributed by atoms with Crippen LogP contribution in [0.4, 0.5) is 4.79 Å². The maximum Gasteiger partial charge on any atom is 0.317 e. The van der Waals surface area contributed by atoms with Crippen LogP contribution in [0.25, 0.3) is 0 Å². The number of amides is 2. The Balaban J connectivity index is 1.41. The summed E-state index contributed by atoms with van der Waals surface area (Å²) in [5, 5.41) is 22.0. The summed E-state index contributed by atoms with van der Waals surface area (Å²) < 4.78 is 0. The summed E-state index contributed by atoms with van der Waals surface area (Å²) in [6.07, 6.45) is -0.0711. The standard InChI is InChI=1S/C17H25N3O3/c21-15-6-9-20(12-16(15)22)17(23)18-7-10-19-8-5-13-3-1-2-4-14(13)11-19/h1-4,15-16,21-22H,5-12H2,(H,18,23)/t15-,16+/m1/s1. The number of aliphatic hydroxyl groups excluding tert-OH is 2. The minimum atomic E-state index is -0.840. The van der Waals surface area contributed by atoms with Crippen molar-refractivity contribution >= 4 is 6.03 Å². The number of fused-ring (bicyclic) bond motifs is 1. The van der Waals surface area contributed by atoms with Crippen LogP contribution in [-0.4, -0.2) is 71.0 Å². The Hall–Kier alpha value is -1.63. The molecular weight excluding hydrogens is 294 g/mol. The number of piperidine rings is 1. The lowest BCUT2D eigenvalue weighted by molar-refractivity contribution is -0.0276. The Morgan fingerprint density at radius 3 is 2.74 bits per heavy atom. The Morgan fingerprint density at radius 2 is 1.96 bits per heavy atom. The molecule has 1 fully saturated rings. The Labute approximate surface area is 136 Å². The molecule has 0 aromatic heterocycles. The van der Waals surface area contributed by atoms with Gasteiger partial charge in [0.2, 0.25) is 0 Å². The van der Waals surface area contributed by atoms with Gasteiger partial charge in [-0.05, 0) is 24.0 Å². The topological polar surface area (TPSA) is 76.0 Å². The summed E-state index contributed by atoms with van der Waals surface area (Å²) in [5.41, 5.74) is 2.80. The van der Waals surface area contributed by atoms with Gasteiger partial charge in [-0.2, -0.15) is 0 Å². The van der Waals surface area contributed by atoms with Gasteiger partial charge >= 0.3 is 6.03 Å². The number of hydrogen-bond acceptors (Lipinski definition) is 4. The molecule has 1 saturated heterocycles. The van der Waals surface area contributed by atoms with E-state index >= 15 is 0 Å². The van der Waals surface area contributed by atoms with Gasteiger partial charge in [0, 0.05) is 32.7 Å². The van der Waals surface area contributed by atoms with E-state index in [-0.39, 0.29) is 12.6 Å². The van der Waals surface area contributed by atoms with Gasteiger partial charge in [-0.1, -0.05) is 24.3 Å². The zero-order valence-electron chi connectivity index (χ0n) is 13.3. The number of rotatable bonds is 3. The number of nitrogens with one attached hydrogen (secondary N) is 1.